The van der Waals surface area contributed by atoms with Crippen LogP contribution in [0.3, 0.4) is 0 Å². The molecule has 3 aromatic rings. The third kappa shape index (κ3) is 2.98. The summed E-state index contributed by atoms with van der Waals surface area (Å²) >= 11 is 0. The van der Waals surface area contributed by atoms with Crippen molar-refractivity contribution in [2.24, 2.45) is 0 Å². The van der Waals surface area contributed by atoms with Gasteiger partial charge in [0.2, 0.25) is 0 Å². The number of hydrogen-bond acceptors (Lipinski definition) is 4. The molecule has 110 valence electrons. The van der Waals surface area contributed by atoms with E-state index in [0.717, 1.165) is 5.39 Å². The van der Waals surface area contributed by atoms with Crippen molar-refractivity contribution in [1.82, 2.24) is 4.98 Å². The molecule has 0 fully saturated rings. The first-order chi connectivity index (χ1) is 10.8. The fourth-order valence-electron chi connectivity index (χ4n) is 2.10. The second kappa shape index (κ2) is 6.13. The number of aromatic nitrogens is 1. The lowest BCUT2D eigenvalue weighted by Crippen LogP contribution is -2.17. The maximum atomic E-state index is 12.0. The molecule has 0 spiro atoms. The molecule has 1 amide bonds. The van der Waals surface area contributed by atoms with Gasteiger partial charge >= 0.3 is 6.09 Å². The maximum Gasteiger partial charge on any atom is 0.417 e. The van der Waals surface area contributed by atoms with Crippen LogP contribution in [0.4, 0.5) is 10.5 Å². The Hall–Kier alpha value is -3.08. The van der Waals surface area contributed by atoms with Crippen LogP contribution in [0, 0.1) is 0 Å². The average molecular weight is 294 g/mol. The fraction of sp³-hybridized carbons (Fsp3) is 0.0588. The summed E-state index contributed by atoms with van der Waals surface area (Å²) in [5.74, 6) is 1.07. The number of anilines is 1. The number of pyridine rings is 1. The van der Waals surface area contributed by atoms with E-state index in [-0.39, 0.29) is 0 Å². The first-order valence-corrected chi connectivity index (χ1v) is 6.73. The van der Waals surface area contributed by atoms with Crippen LogP contribution in [-0.2, 0) is 0 Å². The summed E-state index contributed by atoms with van der Waals surface area (Å²) < 4.78 is 10.5. The minimum atomic E-state index is -0.577. The molecule has 0 radical (unpaired) electrons. The van der Waals surface area contributed by atoms with Gasteiger partial charge in [-0.1, -0.05) is 24.3 Å². The zero-order valence-corrected chi connectivity index (χ0v) is 11.9. The zero-order valence-electron chi connectivity index (χ0n) is 11.9. The van der Waals surface area contributed by atoms with E-state index in [2.05, 4.69) is 10.3 Å². The standard InChI is InChI=1S/C17H14N2O3/c1-21-14-8-3-7-13(11-14)19-17(20)22-15-9-2-5-12-6-4-10-18-16(12)15/h2-11H,1H3,(H,19,20). The van der Waals surface area contributed by atoms with Gasteiger partial charge < -0.3 is 9.47 Å². The van der Waals surface area contributed by atoms with Gasteiger partial charge in [-0.2, -0.15) is 0 Å². The summed E-state index contributed by atoms with van der Waals surface area (Å²) in [5.41, 5.74) is 1.24. The lowest BCUT2D eigenvalue weighted by Gasteiger charge is -2.09. The molecule has 3 rings (SSSR count). The van der Waals surface area contributed by atoms with Crippen molar-refractivity contribution in [3.8, 4) is 11.5 Å². The molecule has 0 saturated carbocycles. The number of nitrogens with one attached hydrogen (secondary N) is 1. The molecular weight excluding hydrogens is 280 g/mol. The minimum absolute atomic E-state index is 0.415. The Morgan fingerprint density at radius 3 is 2.77 bits per heavy atom. The second-order valence-electron chi connectivity index (χ2n) is 4.58. The topological polar surface area (TPSA) is 60.5 Å². The van der Waals surface area contributed by atoms with Crippen molar-refractivity contribution in [3.63, 3.8) is 0 Å². The molecule has 1 aromatic heterocycles. The Labute approximate surface area is 127 Å². The van der Waals surface area contributed by atoms with Crippen LogP contribution >= 0.6 is 0 Å². The first kappa shape index (κ1) is 13.9. The monoisotopic (exact) mass is 294 g/mol. The SMILES string of the molecule is COc1cccc(NC(=O)Oc2cccc3cccnc23)c1. The van der Waals surface area contributed by atoms with E-state index in [1.165, 1.54) is 0 Å². The van der Waals surface area contributed by atoms with E-state index in [9.17, 15) is 4.79 Å². The molecule has 2 aromatic carbocycles. The molecule has 0 bridgehead atoms. The highest BCUT2D eigenvalue weighted by molar-refractivity contribution is 5.91. The molecule has 0 atom stereocenters. The summed E-state index contributed by atoms with van der Waals surface area (Å²) in [6, 6.07) is 16.2. The number of para-hydroxylation sites is 1. The molecule has 0 saturated heterocycles. The lowest BCUT2D eigenvalue weighted by molar-refractivity contribution is 0.215. The van der Waals surface area contributed by atoms with Crippen LogP contribution in [0.2, 0.25) is 0 Å². The number of methoxy groups -OCH3 is 1. The normalized spacial score (nSPS) is 10.2. The van der Waals surface area contributed by atoms with E-state index in [1.54, 1.807) is 43.6 Å². The number of nitrogens with zero attached hydrogens (tertiary/aromatic N) is 1. The van der Waals surface area contributed by atoms with Gasteiger partial charge in [0.25, 0.3) is 0 Å². The summed E-state index contributed by atoms with van der Waals surface area (Å²) in [4.78, 5) is 16.3. The Kier molecular flexibility index (Phi) is 3.87. The molecule has 0 unspecified atom stereocenters. The van der Waals surface area contributed by atoms with Gasteiger partial charge in [0.05, 0.1) is 7.11 Å². The van der Waals surface area contributed by atoms with E-state index >= 15 is 0 Å². The average Bonchev–Trinajstić information content (AvgIpc) is 2.55. The van der Waals surface area contributed by atoms with E-state index in [1.807, 2.05) is 24.3 Å². The number of carbonyl (C=O) groups excluding carboxylic acids is 1. The number of hydrogen-bond donors (Lipinski definition) is 1. The van der Waals surface area contributed by atoms with E-state index in [0.29, 0.717) is 22.7 Å². The van der Waals surface area contributed by atoms with Crippen molar-refractivity contribution < 1.29 is 14.3 Å². The number of benzene rings is 2. The molecule has 5 nitrogen and oxygen atoms in total. The highest BCUT2D eigenvalue weighted by Gasteiger charge is 2.09. The fourth-order valence-corrected chi connectivity index (χ4v) is 2.10. The summed E-state index contributed by atoms with van der Waals surface area (Å²) in [6.07, 6.45) is 1.08. The minimum Gasteiger partial charge on any atom is -0.497 e. The van der Waals surface area contributed by atoms with Crippen molar-refractivity contribution in [3.05, 3.63) is 60.8 Å². The van der Waals surface area contributed by atoms with Crippen LogP contribution in [0.5, 0.6) is 11.5 Å². The molecule has 0 aliphatic carbocycles. The molecule has 1 heterocycles. The quantitative estimate of drug-likeness (QED) is 0.797. The molecule has 0 aliphatic rings. The van der Waals surface area contributed by atoms with Crippen LogP contribution in [0.1, 0.15) is 0 Å². The molecule has 22 heavy (non-hydrogen) atoms. The van der Waals surface area contributed by atoms with Crippen LogP contribution in [0.25, 0.3) is 10.9 Å². The Balaban J connectivity index is 1.78. The highest BCUT2D eigenvalue weighted by atomic mass is 16.6. The van der Waals surface area contributed by atoms with Gasteiger partial charge in [0.15, 0.2) is 5.75 Å². The number of amides is 1. The van der Waals surface area contributed by atoms with Crippen LogP contribution < -0.4 is 14.8 Å². The predicted molar refractivity (Wildman–Crippen MR) is 84.4 cm³/mol. The van der Waals surface area contributed by atoms with Gasteiger partial charge in [0, 0.05) is 23.3 Å². The van der Waals surface area contributed by atoms with Crippen LogP contribution in [-0.4, -0.2) is 18.2 Å². The zero-order chi connectivity index (χ0) is 15.4. The molecular formula is C17H14N2O3. The summed E-state index contributed by atoms with van der Waals surface area (Å²) in [5, 5.41) is 3.57. The van der Waals surface area contributed by atoms with Gasteiger partial charge in [-0.3, -0.25) is 10.3 Å². The van der Waals surface area contributed by atoms with Crippen molar-refractivity contribution >= 4 is 22.7 Å². The lowest BCUT2D eigenvalue weighted by atomic mass is 10.2. The third-order valence-electron chi connectivity index (χ3n) is 3.11. The number of ether oxygens (including phenoxy) is 2. The summed E-state index contributed by atoms with van der Waals surface area (Å²) in [6.45, 7) is 0. The van der Waals surface area contributed by atoms with Gasteiger partial charge in [-0.15, -0.1) is 0 Å². The first-order valence-electron chi connectivity index (χ1n) is 6.73. The van der Waals surface area contributed by atoms with Gasteiger partial charge in [-0.05, 0) is 24.3 Å². The summed E-state index contributed by atoms with van der Waals surface area (Å²) in [7, 11) is 1.57. The number of fused-ring (bicyclic) bond motifs is 1. The Morgan fingerprint density at radius 1 is 1.09 bits per heavy atom. The Morgan fingerprint density at radius 2 is 1.91 bits per heavy atom. The Bertz CT molecular complexity index is 812. The van der Waals surface area contributed by atoms with Crippen molar-refractivity contribution in [1.29, 1.82) is 0 Å². The van der Waals surface area contributed by atoms with Gasteiger partial charge in [0.1, 0.15) is 11.3 Å². The number of carbonyl (C=O) groups is 1. The molecule has 1 N–H and O–H groups in total. The largest absolute Gasteiger partial charge is 0.497 e. The predicted octanol–water partition coefficient (Wildman–Crippen LogP) is 3.85. The van der Waals surface area contributed by atoms with Crippen molar-refractivity contribution in [2.45, 2.75) is 0 Å². The van der Waals surface area contributed by atoms with Gasteiger partial charge in [-0.25, -0.2) is 4.79 Å². The highest BCUT2D eigenvalue weighted by Crippen LogP contribution is 2.23. The maximum absolute atomic E-state index is 12.0. The second-order valence-corrected chi connectivity index (χ2v) is 4.58. The number of rotatable bonds is 3. The van der Waals surface area contributed by atoms with Crippen LogP contribution in [0.15, 0.2) is 60.8 Å². The van der Waals surface area contributed by atoms with Crippen molar-refractivity contribution in [2.75, 3.05) is 12.4 Å². The smallest absolute Gasteiger partial charge is 0.417 e. The third-order valence-corrected chi connectivity index (χ3v) is 3.11. The molecule has 5 heteroatoms. The van der Waals surface area contributed by atoms with E-state index in [4.69, 9.17) is 9.47 Å². The molecule has 0 aliphatic heterocycles. The van der Waals surface area contributed by atoms with E-state index < -0.39 is 6.09 Å².